The topological polar surface area (TPSA) is 0 Å². The van der Waals surface area contributed by atoms with Crippen LogP contribution in [0, 0.1) is 11.8 Å². The van der Waals surface area contributed by atoms with Crippen LogP contribution in [-0.4, -0.2) is 12.0 Å². The molecule has 58 valence electrons. The maximum Gasteiger partial charge on any atom is 0.0275 e. The highest BCUT2D eigenvalue weighted by molar-refractivity contribution is 7.98. The molecule has 0 amide bonds. The van der Waals surface area contributed by atoms with Crippen molar-refractivity contribution in [1.29, 1.82) is 0 Å². The van der Waals surface area contributed by atoms with Gasteiger partial charge in [0.2, 0.25) is 0 Å². The summed E-state index contributed by atoms with van der Waals surface area (Å²) in [5, 5.41) is 0. The Morgan fingerprint density at radius 1 is 1.45 bits per heavy atom. The Hall–Kier alpha value is -0.610. The third kappa shape index (κ3) is 3.34. The standard InChI is InChI=1S/C10H12S/c1-11-9-10-7-5-3-2-4-6-8-10/h5,7-8H,3,6,9H2,1H3/b7-5-,10-8+. The van der Waals surface area contributed by atoms with Crippen LogP contribution in [0.5, 0.6) is 0 Å². The zero-order valence-electron chi connectivity index (χ0n) is 6.76. The first kappa shape index (κ1) is 8.49. The van der Waals surface area contributed by atoms with Gasteiger partial charge in [0, 0.05) is 18.6 Å². The number of thioether (sulfide) groups is 1. The maximum absolute atomic E-state index is 3.09. The van der Waals surface area contributed by atoms with Gasteiger partial charge < -0.3 is 0 Å². The first-order valence-electron chi connectivity index (χ1n) is 3.73. The third-order valence-corrected chi connectivity index (χ3v) is 2.08. The molecule has 1 aliphatic carbocycles. The molecule has 0 saturated carbocycles. The maximum atomic E-state index is 3.09. The van der Waals surface area contributed by atoms with E-state index >= 15 is 0 Å². The van der Waals surface area contributed by atoms with Crippen LogP contribution in [0.25, 0.3) is 0 Å². The Morgan fingerprint density at radius 3 is 3.09 bits per heavy atom. The average Bonchev–Trinajstić information content (AvgIpc) is 1.94. The summed E-state index contributed by atoms with van der Waals surface area (Å²) in [6, 6.07) is 0. The van der Waals surface area contributed by atoms with E-state index in [0.29, 0.717) is 0 Å². The smallest absolute Gasteiger partial charge is 0.0275 e. The Labute approximate surface area is 72.8 Å². The normalized spacial score (nSPS) is 23.5. The van der Waals surface area contributed by atoms with Gasteiger partial charge in [0.05, 0.1) is 0 Å². The Balaban J connectivity index is 2.57. The van der Waals surface area contributed by atoms with E-state index in [1.165, 1.54) is 5.57 Å². The molecule has 0 aliphatic heterocycles. The van der Waals surface area contributed by atoms with Crippen molar-refractivity contribution in [2.75, 3.05) is 12.0 Å². The first-order chi connectivity index (χ1) is 5.43. The first-order valence-corrected chi connectivity index (χ1v) is 5.13. The summed E-state index contributed by atoms with van der Waals surface area (Å²) in [6.07, 6.45) is 10.5. The van der Waals surface area contributed by atoms with Crippen molar-refractivity contribution >= 4 is 11.8 Å². The van der Waals surface area contributed by atoms with E-state index in [4.69, 9.17) is 0 Å². The predicted molar refractivity (Wildman–Crippen MR) is 52.6 cm³/mol. The SMILES string of the molecule is CSCC1=C/CC#CC/C=C\1. The average molecular weight is 164 g/mol. The summed E-state index contributed by atoms with van der Waals surface area (Å²) in [5.41, 5.74) is 1.41. The van der Waals surface area contributed by atoms with Gasteiger partial charge in [0.1, 0.15) is 0 Å². The number of hydrogen-bond donors (Lipinski definition) is 0. The van der Waals surface area contributed by atoms with Crippen molar-refractivity contribution in [3.05, 3.63) is 23.8 Å². The number of allylic oxidation sites excluding steroid dienone is 3. The molecular weight excluding hydrogens is 152 g/mol. The van der Waals surface area contributed by atoms with E-state index in [2.05, 4.69) is 36.3 Å². The number of hydrogen-bond acceptors (Lipinski definition) is 1. The lowest BCUT2D eigenvalue weighted by Crippen LogP contribution is -1.83. The van der Waals surface area contributed by atoms with Crippen LogP contribution >= 0.6 is 11.8 Å². The second-order valence-electron chi connectivity index (χ2n) is 2.38. The van der Waals surface area contributed by atoms with Crippen molar-refractivity contribution in [3.63, 3.8) is 0 Å². The second-order valence-corrected chi connectivity index (χ2v) is 3.24. The van der Waals surface area contributed by atoms with Crippen LogP contribution < -0.4 is 0 Å². The van der Waals surface area contributed by atoms with E-state index < -0.39 is 0 Å². The molecule has 0 unspecified atom stereocenters. The van der Waals surface area contributed by atoms with Crippen LogP contribution in [0.1, 0.15) is 12.8 Å². The summed E-state index contributed by atoms with van der Waals surface area (Å²) < 4.78 is 0. The van der Waals surface area contributed by atoms with Gasteiger partial charge in [-0.1, -0.05) is 30.1 Å². The van der Waals surface area contributed by atoms with Crippen LogP contribution in [0.2, 0.25) is 0 Å². The molecule has 0 aromatic carbocycles. The summed E-state index contributed by atoms with van der Waals surface area (Å²) in [6.45, 7) is 0. The van der Waals surface area contributed by atoms with Gasteiger partial charge in [0.15, 0.2) is 0 Å². The van der Waals surface area contributed by atoms with Gasteiger partial charge in [-0.3, -0.25) is 0 Å². The molecule has 11 heavy (non-hydrogen) atoms. The molecule has 0 radical (unpaired) electrons. The van der Waals surface area contributed by atoms with Crippen LogP contribution in [0.4, 0.5) is 0 Å². The lowest BCUT2D eigenvalue weighted by molar-refractivity contribution is 1.33. The Morgan fingerprint density at radius 2 is 2.27 bits per heavy atom. The minimum atomic E-state index is 0.908. The molecule has 0 fully saturated rings. The van der Waals surface area contributed by atoms with Crippen molar-refractivity contribution < 1.29 is 0 Å². The molecule has 0 aromatic rings. The Kier molecular flexibility index (Phi) is 3.93. The fraction of sp³-hybridized carbons (Fsp3) is 0.400. The summed E-state index contributed by atoms with van der Waals surface area (Å²) in [7, 11) is 0. The van der Waals surface area contributed by atoms with E-state index in [-0.39, 0.29) is 0 Å². The highest BCUT2D eigenvalue weighted by atomic mass is 32.2. The van der Waals surface area contributed by atoms with E-state index in [1.807, 2.05) is 11.8 Å². The molecule has 0 nitrogen and oxygen atoms in total. The molecule has 0 aromatic heterocycles. The monoisotopic (exact) mass is 164 g/mol. The van der Waals surface area contributed by atoms with Gasteiger partial charge in [0.25, 0.3) is 0 Å². The van der Waals surface area contributed by atoms with E-state index in [1.54, 1.807) is 0 Å². The van der Waals surface area contributed by atoms with Gasteiger partial charge in [-0.05, 0) is 11.8 Å². The van der Waals surface area contributed by atoms with Crippen LogP contribution in [0.3, 0.4) is 0 Å². The highest BCUT2D eigenvalue weighted by Crippen LogP contribution is 2.08. The second kappa shape index (κ2) is 5.09. The molecular formula is C10H12S. The van der Waals surface area contributed by atoms with Crippen molar-refractivity contribution in [2.24, 2.45) is 0 Å². The van der Waals surface area contributed by atoms with Crippen molar-refractivity contribution in [2.45, 2.75) is 12.8 Å². The molecule has 1 heteroatoms. The zero-order valence-corrected chi connectivity index (χ0v) is 7.58. The predicted octanol–water partition coefficient (Wildman–Crippen LogP) is 2.63. The molecule has 0 saturated heterocycles. The molecule has 0 heterocycles. The van der Waals surface area contributed by atoms with E-state index in [0.717, 1.165) is 18.6 Å². The quantitative estimate of drug-likeness (QED) is 0.565. The van der Waals surface area contributed by atoms with Crippen LogP contribution in [0.15, 0.2) is 23.8 Å². The lowest BCUT2D eigenvalue weighted by Gasteiger charge is -1.98. The minimum Gasteiger partial charge on any atom is -0.161 e. The lowest BCUT2D eigenvalue weighted by atomic mass is 10.2. The third-order valence-electron chi connectivity index (χ3n) is 1.45. The van der Waals surface area contributed by atoms with Gasteiger partial charge in [-0.25, -0.2) is 0 Å². The number of rotatable bonds is 2. The summed E-state index contributed by atoms with van der Waals surface area (Å²) in [4.78, 5) is 0. The Bertz CT molecular complexity index is 225. The highest BCUT2D eigenvalue weighted by Gasteiger charge is 1.90. The fourth-order valence-electron chi connectivity index (χ4n) is 0.937. The molecule has 0 bridgehead atoms. The van der Waals surface area contributed by atoms with Gasteiger partial charge >= 0.3 is 0 Å². The zero-order chi connectivity index (χ0) is 7.94. The van der Waals surface area contributed by atoms with Crippen molar-refractivity contribution in [1.82, 2.24) is 0 Å². The summed E-state index contributed by atoms with van der Waals surface area (Å²) in [5.74, 6) is 7.26. The molecule has 0 atom stereocenters. The van der Waals surface area contributed by atoms with Gasteiger partial charge in [-0.15, -0.1) is 0 Å². The largest absolute Gasteiger partial charge is 0.161 e. The molecule has 0 spiro atoms. The fourth-order valence-corrected chi connectivity index (χ4v) is 1.48. The molecule has 0 N–H and O–H groups in total. The molecule has 1 aliphatic rings. The van der Waals surface area contributed by atoms with Gasteiger partial charge in [-0.2, -0.15) is 11.8 Å². The minimum absolute atomic E-state index is 0.908. The van der Waals surface area contributed by atoms with E-state index in [9.17, 15) is 0 Å². The van der Waals surface area contributed by atoms with Crippen molar-refractivity contribution in [3.8, 4) is 11.8 Å². The molecule has 1 rings (SSSR count). The van der Waals surface area contributed by atoms with Crippen LogP contribution in [-0.2, 0) is 0 Å². The summed E-state index contributed by atoms with van der Waals surface area (Å²) >= 11 is 1.86.